The van der Waals surface area contributed by atoms with Crippen molar-refractivity contribution < 1.29 is 4.74 Å². The number of hydrogen-bond acceptors (Lipinski definition) is 4. The molecule has 5 aromatic rings. The zero-order chi connectivity index (χ0) is 23.1. The number of benzene rings is 3. The van der Waals surface area contributed by atoms with Gasteiger partial charge in [0.25, 0.3) is 0 Å². The maximum atomic E-state index is 9.13. The molecular formula is C28H25N5O. The summed E-state index contributed by atoms with van der Waals surface area (Å²) in [6.07, 6.45) is 8.18. The summed E-state index contributed by atoms with van der Waals surface area (Å²) in [5.41, 5.74) is 4.68. The third-order valence-electron chi connectivity index (χ3n) is 6.58. The topological polar surface area (TPSA) is 68.7 Å². The van der Waals surface area contributed by atoms with E-state index in [1.54, 1.807) is 12.5 Å². The van der Waals surface area contributed by atoms with Crippen molar-refractivity contribution in [3.8, 4) is 11.6 Å². The normalized spacial score (nSPS) is 14.4. The number of ether oxygens (including phenoxy) is 1. The molecule has 0 amide bonds. The van der Waals surface area contributed by atoms with Gasteiger partial charge in [-0.1, -0.05) is 66.2 Å². The van der Waals surface area contributed by atoms with E-state index in [9.17, 15) is 0 Å². The van der Waals surface area contributed by atoms with Crippen molar-refractivity contribution in [2.75, 3.05) is 0 Å². The summed E-state index contributed by atoms with van der Waals surface area (Å²) < 4.78 is 10.4. The SMILES string of the molecule is Cc1ccc(C2c3ccc4ccccc4c3Oc3ncn(CCCn4ccnc4)c(=N)c32)cc1. The lowest BCUT2D eigenvalue weighted by Crippen LogP contribution is -2.30. The number of nitrogens with zero attached hydrogens (tertiary/aromatic N) is 4. The summed E-state index contributed by atoms with van der Waals surface area (Å²) in [6, 6.07) is 21.1. The first kappa shape index (κ1) is 20.4. The smallest absolute Gasteiger partial charge is 0.228 e. The molecule has 3 aromatic carbocycles. The lowest BCUT2D eigenvalue weighted by Gasteiger charge is -2.29. The maximum Gasteiger partial charge on any atom is 0.228 e. The van der Waals surface area contributed by atoms with Crippen LogP contribution in [0, 0.1) is 12.3 Å². The molecule has 1 atom stereocenters. The summed E-state index contributed by atoms with van der Waals surface area (Å²) in [6.45, 7) is 3.63. The molecule has 6 heteroatoms. The molecule has 0 aliphatic carbocycles. The van der Waals surface area contributed by atoms with Crippen molar-refractivity contribution in [3.05, 3.63) is 113 Å². The second kappa shape index (κ2) is 8.30. The molecule has 3 heterocycles. The van der Waals surface area contributed by atoms with Crippen molar-refractivity contribution in [2.45, 2.75) is 32.4 Å². The Labute approximate surface area is 197 Å². The van der Waals surface area contributed by atoms with E-state index >= 15 is 0 Å². The Hall–Kier alpha value is -4.19. The Balaban J connectivity index is 1.47. The molecule has 1 aliphatic heterocycles. The fraction of sp³-hybridized carbons (Fsp3) is 0.179. The van der Waals surface area contributed by atoms with Crippen LogP contribution >= 0.6 is 0 Å². The summed E-state index contributed by atoms with van der Waals surface area (Å²) in [4.78, 5) is 8.80. The van der Waals surface area contributed by atoms with Crippen LogP contribution in [-0.4, -0.2) is 19.1 Å². The second-order valence-corrected chi connectivity index (χ2v) is 8.81. The minimum absolute atomic E-state index is 0.120. The van der Waals surface area contributed by atoms with Gasteiger partial charge in [-0.15, -0.1) is 0 Å². The summed E-state index contributed by atoms with van der Waals surface area (Å²) in [7, 11) is 0. The highest BCUT2D eigenvalue weighted by atomic mass is 16.5. The van der Waals surface area contributed by atoms with E-state index in [2.05, 4.69) is 65.0 Å². The molecule has 6 rings (SSSR count). The number of imidazole rings is 1. The highest BCUT2D eigenvalue weighted by Crippen LogP contribution is 2.47. The Morgan fingerprint density at radius 2 is 1.82 bits per heavy atom. The maximum absolute atomic E-state index is 9.13. The van der Waals surface area contributed by atoms with Crippen molar-refractivity contribution in [1.29, 1.82) is 5.41 Å². The standard InChI is InChI=1S/C28H25N5O/c1-19-7-9-21(10-8-19)24-23-12-11-20-5-2-3-6-22(20)26(23)34-28-25(24)27(29)33(18-31-28)15-4-14-32-16-13-30-17-32/h2-3,5-13,16-18,24,29H,4,14-15H2,1H3. The number of aromatic nitrogens is 4. The van der Waals surface area contributed by atoms with Crippen LogP contribution in [0.1, 0.15) is 34.6 Å². The molecule has 168 valence electrons. The Morgan fingerprint density at radius 1 is 0.971 bits per heavy atom. The van der Waals surface area contributed by atoms with Crippen LogP contribution in [0.25, 0.3) is 10.8 Å². The van der Waals surface area contributed by atoms with Crippen LogP contribution in [0.5, 0.6) is 11.6 Å². The summed E-state index contributed by atoms with van der Waals surface area (Å²) in [5, 5.41) is 11.3. The van der Waals surface area contributed by atoms with Gasteiger partial charge < -0.3 is 13.9 Å². The lowest BCUT2D eigenvalue weighted by atomic mass is 9.82. The van der Waals surface area contributed by atoms with Crippen LogP contribution < -0.4 is 10.2 Å². The zero-order valence-corrected chi connectivity index (χ0v) is 19.0. The fourth-order valence-electron chi connectivity index (χ4n) is 4.82. The Kier molecular flexibility index (Phi) is 4.99. The predicted molar refractivity (Wildman–Crippen MR) is 131 cm³/mol. The van der Waals surface area contributed by atoms with E-state index < -0.39 is 0 Å². The predicted octanol–water partition coefficient (Wildman–Crippen LogP) is 5.40. The molecule has 0 saturated carbocycles. The third kappa shape index (κ3) is 3.48. The number of rotatable bonds is 5. The number of fused-ring (bicyclic) bond motifs is 4. The van der Waals surface area contributed by atoms with Crippen molar-refractivity contribution in [1.82, 2.24) is 19.1 Å². The summed E-state index contributed by atoms with van der Waals surface area (Å²) in [5.74, 6) is 1.23. The Morgan fingerprint density at radius 3 is 2.65 bits per heavy atom. The molecule has 1 unspecified atom stereocenters. The van der Waals surface area contributed by atoms with Crippen molar-refractivity contribution in [2.24, 2.45) is 0 Å². The first-order valence-electron chi connectivity index (χ1n) is 11.5. The molecular weight excluding hydrogens is 422 g/mol. The van der Waals surface area contributed by atoms with Gasteiger partial charge in [0.15, 0.2) is 0 Å². The number of nitrogens with one attached hydrogen (secondary N) is 1. The molecule has 0 spiro atoms. The van der Waals surface area contributed by atoms with Gasteiger partial charge in [-0.3, -0.25) is 5.41 Å². The van der Waals surface area contributed by atoms with E-state index in [1.165, 1.54) is 5.56 Å². The average Bonchev–Trinajstić information content (AvgIpc) is 3.38. The molecule has 1 aliphatic rings. The van der Waals surface area contributed by atoms with Gasteiger partial charge in [-0.2, -0.15) is 0 Å². The van der Waals surface area contributed by atoms with Gasteiger partial charge >= 0.3 is 0 Å². The van der Waals surface area contributed by atoms with E-state index in [0.29, 0.717) is 17.9 Å². The van der Waals surface area contributed by atoms with E-state index in [4.69, 9.17) is 15.1 Å². The van der Waals surface area contributed by atoms with Gasteiger partial charge in [0.2, 0.25) is 5.88 Å². The highest BCUT2D eigenvalue weighted by Gasteiger charge is 2.33. The molecule has 6 nitrogen and oxygen atoms in total. The summed E-state index contributed by atoms with van der Waals surface area (Å²) >= 11 is 0. The highest BCUT2D eigenvalue weighted by molar-refractivity contribution is 5.91. The average molecular weight is 448 g/mol. The first-order valence-corrected chi connectivity index (χ1v) is 11.5. The van der Waals surface area contributed by atoms with E-state index in [1.807, 2.05) is 29.2 Å². The second-order valence-electron chi connectivity index (χ2n) is 8.81. The van der Waals surface area contributed by atoms with Crippen molar-refractivity contribution in [3.63, 3.8) is 0 Å². The molecule has 2 aromatic heterocycles. The minimum Gasteiger partial charge on any atom is -0.438 e. The third-order valence-corrected chi connectivity index (χ3v) is 6.58. The van der Waals surface area contributed by atoms with Crippen LogP contribution in [0.2, 0.25) is 0 Å². The van der Waals surface area contributed by atoms with Gasteiger partial charge in [-0.05, 0) is 24.3 Å². The largest absolute Gasteiger partial charge is 0.438 e. The molecule has 0 fully saturated rings. The molecule has 0 saturated heterocycles. The van der Waals surface area contributed by atoms with E-state index in [-0.39, 0.29) is 5.92 Å². The van der Waals surface area contributed by atoms with Gasteiger partial charge in [-0.25, -0.2) is 9.97 Å². The Bertz CT molecular complexity index is 1530. The molecule has 0 radical (unpaired) electrons. The monoisotopic (exact) mass is 447 g/mol. The molecule has 0 bridgehead atoms. The van der Waals surface area contributed by atoms with Crippen LogP contribution in [0.15, 0.2) is 85.7 Å². The molecule has 1 N–H and O–H groups in total. The number of hydrogen-bond donors (Lipinski definition) is 1. The molecule has 34 heavy (non-hydrogen) atoms. The van der Waals surface area contributed by atoms with Gasteiger partial charge in [0, 0.05) is 42.4 Å². The zero-order valence-electron chi connectivity index (χ0n) is 19.0. The van der Waals surface area contributed by atoms with Crippen molar-refractivity contribution >= 4 is 10.8 Å². The van der Waals surface area contributed by atoms with Gasteiger partial charge in [0.05, 0.1) is 11.9 Å². The fourth-order valence-corrected chi connectivity index (χ4v) is 4.82. The van der Waals surface area contributed by atoms with E-state index in [0.717, 1.165) is 46.2 Å². The first-order chi connectivity index (χ1) is 16.7. The number of aryl methyl sites for hydroxylation is 3. The lowest BCUT2D eigenvalue weighted by molar-refractivity contribution is 0.423. The van der Waals surface area contributed by atoms with Crippen LogP contribution in [0.3, 0.4) is 0 Å². The quantitative estimate of drug-likeness (QED) is 0.385. The van der Waals surface area contributed by atoms with Gasteiger partial charge in [0.1, 0.15) is 17.6 Å². The minimum atomic E-state index is -0.120. The van der Waals surface area contributed by atoms with Crippen LogP contribution in [-0.2, 0) is 13.1 Å². The van der Waals surface area contributed by atoms with Crippen LogP contribution in [0.4, 0.5) is 0 Å².